The molecule has 0 atom stereocenters. The van der Waals surface area contributed by atoms with Crippen molar-refractivity contribution >= 4 is 17.4 Å². The number of rotatable bonds is 7. The molecule has 2 amide bonds. The summed E-state index contributed by atoms with van der Waals surface area (Å²) in [7, 11) is 1.82. The van der Waals surface area contributed by atoms with E-state index in [2.05, 4.69) is 20.6 Å². The number of aryl methyl sites for hydroxylation is 1. The number of halogens is 2. The number of carbonyl (C=O) groups is 1. The Labute approximate surface area is 196 Å². The van der Waals surface area contributed by atoms with Gasteiger partial charge in [-0.15, -0.1) is 0 Å². The van der Waals surface area contributed by atoms with Gasteiger partial charge in [0.15, 0.2) is 0 Å². The second kappa shape index (κ2) is 11.1. The molecule has 2 heterocycles. The van der Waals surface area contributed by atoms with Crippen molar-refractivity contribution in [1.82, 2.24) is 14.7 Å². The predicted molar refractivity (Wildman–Crippen MR) is 125 cm³/mol. The zero-order valence-electron chi connectivity index (χ0n) is 18.9. The molecule has 10 heteroatoms. The fraction of sp³-hybridized carbons (Fsp3) is 0.333. The first kappa shape index (κ1) is 23.7. The van der Waals surface area contributed by atoms with Gasteiger partial charge in [-0.2, -0.15) is 5.10 Å². The summed E-state index contributed by atoms with van der Waals surface area (Å²) in [6.45, 7) is 3.58. The van der Waals surface area contributed by atoms with E-state index < -0.39 is 17.7 Å². The van der Waals surface area contributed by atoms with Gasteiger partial charge in [-0.1, -0.05) is 0 Å². The minimum absolute atomic E-state index is 0.122. The molecule has 2 aromatic carbocycles. The third kappa shape index (κ3) is 6.09. The van der Waals surface area contributed by atoms with Crippen LogP contribution in [-0.2, 0) is 11.8 Å². The molecular weight excluding hydrogens is 444 g/mol. The van der Waals surface area contributed by atoms with E-state index >= 15 is 0 Å². The van der Waals surface area contributed by atoms with Crippen LogP contribution in [-0.4, -0.2) is 53.7 Å². The Morgan fingerprint density at radius 3 is 2.82 bits per heavy atom. The van der Waals surface area contributed by atoms with Crippen molar-refractivity contribution < 1.29 is 23.0 Å². The number of hydrogen-bond donors (Lipinski definition) is 2. The van der Waals surface area contributed by atoms with Gasteiger partial charge < -0.3 is 20.1 Å². The maximum Gasteiger partial charge on any atom is 0.323 e. The lowest BCUT2D eigenvalue weighted by Crippen LogP contribution is -2.30. The van der Waals surface area contributed by atoms with Crippen LogP contribution in [0.3, 0.4) is 0 Å². The number of benzene rings is 2. The average Bonchev–Trinajstić information content (AvgIpc) is 3.06. The van der Waals surface area contributed by atoms with E-state index in [1.54, 1.807) is 29.1 Å². The van der Waals surface area contributed by atoms with Gasteiger partial charge in [-0.3, -0.25) is 9.58 Å². The van der Waals surface area contributed by atoms with Crippen molar-refractivity contribution in [2.24, 2.45) is 7.05 Å². The Bertz CT molecular complexity index is 1130. The molecule has 3 aromatic rings. The predicted octanol–water partition coefficient (Wildman–Crippen LogP) is 4.46. The van der Waals surface area contributed by atoms with Crippen LogP contribution in [0.5, 0.6) is 5.75 Å². The van der Waals surface area contributed by atoms with Crippen molar-refractivity contribution in [2.45, 2.75) is 12.8 Å². The van der Waals surface area contributed by atoms with Crippen LogP contribution < -0.4 is 15.4 Å². The van der Waals surface area contributed by atoms with Crippen LogP contribution in [0.25, 0.3) is 11.3 Å². The summed E-state index contributed by atoms with van der Waals surface area (Å²) in [6, 6.07) is 9.38. The highest BCUT2D eigenvalue weighted by Crippen LogP contribution is 2.32. The highest BCUT2D eigenvalue weighted by atomic mass is 19.1. The topological polar surface area (TPSA) is 80.7 Å². The molecular formula is C24H27F2N5O3. The van der Waals surface area contributed by atoms with Crippen molar-refractivity contribution in [2.75, 3.05) is 43.7 Å². The zero-order valence-corrected chi connectivity index (χ0v) is 18.9. The van der Waals surface area contributed by atoms with Gasteiger partial charge in [-0.05, 0) is 49.2 Å². The van der Waals surface area contributed by atoms with E-state index in [-0.39, 0.29) is 5.69 Å². The number of nitrogens with zero attached hydrogens (tertiary/aromatic N) is 3. The molecule has 0 radical (unpaired) electrons. The molecule has 0 aliphatic carbocycles. The summed E-state index contributed by atoms with van der Waals surface area (Å²) < 4.78 is 40.3. The van der Waals surface area contributed by atoms with E-state index in [1.807, 2.05) is 13.1 Å². The lowest BCUT2D eigenvalue weighted by molar-refractivity contribution is 0.0428. The molecule has 1 fully saturated rings. The lowest BCUT2D eigenvalue weighted by Gasteiger charge is -2.20. The van der Waals surface area contributed by atoms with E-state index in [9.17, 15) is 13.6 Å². The third-order valence-corrected chi connectivity index (χ3v) is 5.47. The van der Waals surface area contributed by atoms with Gasteiger partial charge in [0, 0.05) is 50.3 Å². The van der Waals surface area contributed by atoms with Crippen molar-refractivity contribution in [3.8, 4) is 17.0 Å². The molecule has 4 rings (SSSR count). The van der Waals surface area contributed by atoms with Gasteiger partial charge in [0.05, 0.1) is 18.1 Å². The second-order valence-electron chi connectivity index (χ2n) is 7.97. The maximum atomic E-state index is 13.9. The van der Waals surface area contributed by atoms with E-state index in [0.717, 1.165) is 55.9 Å². The van der Waals surface area contributed by atoms with Crippen LogP contribution in [0.2, 0.25) is 0 Å². The van der Waals surface area contributed by atoms with Crippen LogP contribution in [0, 0.1) is 11.6 Å². The minimum Gasteiger partial charge on any atom is -0.492 e. The fourth-order valence-electron chi connectivity index (χ4n) is 3.71. The Balaban J connectivity index is 1.46. The molecule has 0 spiro atoms. The minimum atomic E-state index is -0.857. The van der Waals surface area contributed by atoms with Crippen molar-refractivity contribution in [1.29, 1.82) is 0 Å². The second-order valence-corrected chi connectivity index (χ2v) is 7.97. The summed E-state index contributed by atoms with van der Waals surface area (Å²) in [5.74, 6) is -0.928. The van der Waals surface area contributed by atoms with Crippen molar-refractivity contribution in [3.63, 3.8) is 0 Å². The standard InChI is InChI=1S/C24H27F2N5O3/c1-30-22(8-9-27-30)19-15-18(28-24(32)29-21-6-4-17(25)14-20(21)26)5-7-23(19)34-13-11-31-10-2-3-12-33-16-31/h4-9,14-15H,2-3,10-13,16H2,1H3,(H2,28,29,32). The monoisotopic (exact) mass is 471 g/mol. The normalized spacial score (nSPS) is 14.4. The Hall–Kier alpha value is -3.50. The number of nitrogens with one attached hydrogen (secondary N) is 2. The number of anilines is 2. The quantitative estimate of drug-likeness (QED) is 0.532. The van der Waals surface area contributed by atoms with Crippen molar-refractivity contribution in [3.05, 3.63) is 60.3 Å². The summed E-state index contributed by atoms with van der Waals surface area (Å²) in [5, 5.41) is 9.29. The van der Waals surface area contributed by atoms with Crippen LogP contribution >= 0.6 is 0 Å². The van der Waals surface area contributed by atoms with Gasteiger partial charge >= 0.3 is 6.03 Å². The third-order valence-electron chi connectivity index (χ3n) is 5.47. The Kier molecular flexibility index (Phi) is 7.71. The molecule has 0 unspecified atom stereocenters. The first-order valence-corrected chi connectivity index (χ1v) is 11.1. The molecule has 0 bridgehead atoms. The van der Waals surface area contributed by atoms with E-state index in [0.29, 0.717) is 30.8 Å². The van der Waals surface area contributed by atoms with Crippen LogP contribution in [0.15, 0.2) is 48.7 Å². The number of hydrogen-bond acceptors (Lipinski definition) is 5. The zero-order chi connectivity index (χ0) is 23.9. The highest BCUT2D eigenvalue weighted by Gasteiger charge is 2.15. The number of aromatic nitrogens is 2. The first-order valence-electron chi connectivity index (χ1n) is 11.1. The highest BCUT2D eigenvalue weighted by molar-refractivity contribution is 6.00. The first-order chi connectivity index (χ1) is 16.5. The number of amides is 2. The van der Waals surface area contributed by atoms with Gasteiger partial charge in [-0.25, -0.2) is 13.6 Å². The molecule has 8 nitrogen and oxygen atoms in total. The van der Waals surface area contributed by atoms with E-state index in [1.165, 1.54) is 0 Å². The average molecular weight is 472 g/mol. The molecule has 1 saturated heterocycles. The Morgan fingerprint density at radius 1 is 1.15 bits per heavy atom. The summed E-state index contributed by atoms with van der Waals surface area (Å²) in [6.07, 6.45) is 3.85. The fourth-order valence-corrected chi connectivity index (χ4v) is 3.71. The lowest BCUT2D eigenvalue weighted by atomic mass is 10.1. The molecule has 1 aliphatic heterocycles. The molecule has 1 aromatic heterocycles. The Morgan fingerprint density at radius 2 is 2.03 bits per heavy atom. The summed E-state index contributed by atoms with van der Waals surface area (Å²) in [4.78, 5) is 14.6. The SMILES string of the molecule is Cn1nccc1-c1cc(NC(=O)Nc2ccc(F)cc2F)ccc1OCCN1CCCCOC1. The van der Waals surface area contributed by atoms with Gasteiger partial charge in [0.1, 0.15) is 24.0 Å². The van der Waals surface area contributed by atoms with Crippen LogP contribution in [0.1, 0.15) is 12.8 Å². The summed E-state index contributed by atoms with van der Waals surface area (Å²) in [5.41, 5.74) is 1.91. The number of carbonyl (C=O) groups excluding carboxylic acids is 1. The largest absolute Gasteiger partial charge is 0.492 e. The molecule has 34 heavy (non-hydrogen) atoms. The number of urea groups is 1. The molecule has 180 valence electrons. The van der Waals surface area contributed by atoms with Gasteiger partial charge in [0.2, 0.25) is 0 Å². The van der Waals surface area contributed by atoms with Gasteiger partial charge in [0.25, 0.3) is 0 Å². The molecule has 0 saturated carbocycles. The number of ether oxygens (including phenoxy) is 2. The molecule has 1 aliphatic rings. The smallest absolute Gasteiger partial charge is 0.323 e. The maximum absolute atomic E-state index is 13.9. The van der Waals surface area contributed by atoms with E-state index in [4.69, 9.17) is 9.47 Å². The van der Waals surface area contributed by atoms with Crippen LogP contribution in [0.4, 0.5) is 25.0 Å². The molecule has 2 N–H and O–H groups in total. The summed E-state index contributed by atoms with van der Waals surface area (Å²) >= 11 is 0.